The molecule has 2 aromatic rings. The lowest BCUT2D eigenvalue weighted by Crippen LogP contribution is -2.20. The van der Waals surface area contributed by atoms with Gasteiger partial charge in [0, 0.05) is 12.1 Å². The molecule has 2 aromatic carbocycles. The first-order chi connectivity index (χ1) is 19.7. The molecule has 0 saturated carbocycles. The van der Waals surface area contributed by atoms with E-state index in [1.54, 1.807) is 0 Å². The summed E-state index contributed by atoms with van der Waals surface area (Å²) in [5, 5.41) is 0. The topological polar surface area (TPSA) is 104 Å². The minimum atomic E-state index is 0.234. The van der Waals surface area contributed by atoms with Crippen molar-refractivity contribution in [3.8, 4) is 0 Å². The van der Waals surface area contributed by atoms with E-state index in [-0.39, 0.29) is 10.8 Å². The molecular formula is C38H68N4. The number of hydrogen-bond donors (Lipinski definition) is 4. The fourth-order valence-corrected chi connectivity index (χ4v) is 6.14. The van der Waals surface area contributed by atoms with Crippen molar-refractivity contribution >= 4 is 0 Å². The van der Waals surface area contributed by atoms with Crippen LogP contribution in [0.15, 0.2) is 48.5 Å². The molecule has 0 heterocycles. The molecule has 4 unspecified atom stereocenters. The SMILES string of the molecule is CC(C)(CCCCN)c1ccc(C(C)(C)CCCCN)cc1.CC(N)CC(C)Cc1ccc(CC(C)CC(C)N)cc1. The molecule has 2 rings (SSSR count). The van der Waals surface area contributed by atoms with Crippen molar-refractivity contribution in [1.82, 2.24) is 0 Å². The van der Waals surface area contributed by atoms with E-state index in [4.69, 9.17) is 22.9 Å². The number of nitrogens with two attached hydrogens (primary N) is 4. The third-order valence-corrected chi connectivity index (χ3v) is 8.70. The van der Waals surface area contributed by atoms with Gasteiger partial charge in [0.25, 0.3) is 0 Å². The Morgan fingerprint density at radius 3 is 1.10 bits per heavy atom. The first-order valence-electron chi connectivity index (χ1n) is 16.8. The number of hydrogen-bond acceptors (Lipinski definition) is 4. The normalized spacial score (nSPS) is 15.0. The van der Waals surface area contributed by atoms with Gasteiger partial charge < -0.3 is 22.9 Å². The third-order valence-electron chi connectivity index (χ3n) is 8.70. The van der Waals surface area contributed by atoms with E-state index in [1.807, 2.05) is 0 Å². The van der Waals surface area contributed by atoms with Gasteiger partial charge in [0.15, 0.2) is 0 Å². The number of rotatable bonds is 18. The molecule has 0 aliphatic carbocycles. The zero-order chi connectivity index (χ0) is 31.8. The highest BCUT2D eigenvalue weighted by molar-refractivity contribution is 5.32. The Kier molecular flexibility index (Phi) is 17.8. The molecule has 0 amide bonds. The van der Waals surface area contributed by atoms with Gasteiger partial charge in [0.2, 0.25) is 0 Å². The molecule has 0 spiro atoms. The predicted octanol–water partition coefficient (Wildman–Crippen LogP) is 8.02. The minimum Gasteiger partial charge on any atom is -0.330 e. The van der Waals surface area contributed by atoms with Crippen LogP contribution in [0.1, 0.15) is 129 Å². The standard InChI is InChI=1S/C20H36N2.C18H32N2/c1-19(2,13-5-7-15-21)17-9-11-18(12-10-17)20(3,4)14-6-8-16-22;1-13(9-15(3)19)11-17-5-7-18(8-6-17)12-14(2)10-16(4)20/h9-12H,5-8,13-16,21-22H2,1-4H3;5-8,13-16H,9-12,19-20H2,1-4H3. The second kappa shape index (κ2) is 19.5. The van der Waals surface area contributed by atoms with E-state index in [2.05, 4.69) is 104 Å². The molecule has 0 saturated heterocycles. The van der Waals surface area contributed by atoms with Crippen molar-refractivity contribution in [2.45, 2.75) is 143 Å². The van der Waals surface area contributed by atoms with Crippen LogP contribution in [0.3, 0.4) is 0 Å². The summed E-state index contributed by atoms with van der Waals surface area (Å²) in [7, 11) is 0. The lowest BCUT2D eigenvalue weighted by molar-refractivity contribution is 0.446. The lowest BCUT2D eigenvalue weighted by atomic mass is 9.76. The zero-order valence-electron chi connectivity index (χ0n) is 28.7. The van der Waals surface area contributed by atoms with Gasteiger partial charge in [0.05, 0.1) is 0 Å². The summed E-state index contributed by atoms with van der Waals surface area (Å²) in [5.41, 5.74) is 29.1. The molecular weight excluding hydrogens is 512 g/mol. The van der Waals surface area contributed by atoms with Crippen LogP contribution in [-0.4, -0.2) is 25.2 Å². The van der Waals surface area contributed by atoms with Gasteiger partial charge in [-0.3, -0.25) is 0 Å². The quantitative estimate of drug-likeness (QED) is 0.134. The van der Waals surface area contributed by atoms with E-state index < -0.39 is 0 Å². The van der Waals surface area contributed by atoms with Crippen LogP contribution in [0.5, 0.6) is 0 Å². The molecule has 8 N–H and O–H groups in total. The van der Waals surface area contributed by atoms with Crippen molar-refractivity contribution in [2.75, 3.05) is 13.1 Å². The monoisotopic (exact) mass is 581 g/mol. The highest BCUT2D eigenvalue weighted by Gasteiger charge is 2.23. The summed E-state index contributed by atoms with van der Waals surface area (Å²) >= 11 is 0. The Balaban J connectivity index is 0.000000422. The van der Waals surface area contributed by atoms with Crippen LogP contribution in [0.4, 0.5) is 0 Å². The molecule has 0 aromatic heterocycles. The summed E-state index contributed by atoms with van der Waals surface area (Å²) in [4.78, 5) is 0. The summed E-state index contributed by atoms with van der Waals surface area (Å²) in [6.45, 7) is 19.7. The first-order valence-corrected chi connectivity index (χ1v) is 16.8. The molecule has 4 atom stereocenters. The highest BCUT2D eigenvalue weighted by Crippen LogP contribution is 2.33. The second-order valence-electron chi connectivity index (χ2n) is 14.7. The van der Waals surface area contributed by atoms with Crippen LogP contribution in [0.25, 0.3) is 0 Å². The fraction of sp³-hybridized carbons (Fsp3) is 0.684. The Morgan fingerprint density at radius 2 is 0.833 bits per heavy atom. The average Bonchev–Trinajstić information content (AvgIpc) is 2.89. The molecule has 42 heavy (non-hydrogen) atoms. The van der Waals surface area contributed by atoms with Gasteiger partial charge in [-0.25, -0.2) is 0 Å². The van der Waals surface area contributed by atoms with E-state index in [0.717, 1.165) is 51.6 Å². The molecule has 240 valence electrons. The van der Waals surface area contributed by atoms with Crippen molar-refractivity contribution < 1.29 is 0 Å². The van der Waals surface area contributed by atoms with Crippen LogP contribution in [-0.2, 0) is 23.7 Å². The van der Waals surface area contributed by atoms with Gasteiger partial charge in [-0.05, 0) is 123 Å². The maximum atomic E-state index is 5.86. The Hall–Kier alpha value is -1.72. The predicted molar refractivity (Wildman–Crippen MR) is 187 cm³/mol. The van der Waals surface area contributed by atoms with Crippen LogP contribution in [0.2, 0.25) is 0 Å². The summed E-state index contributed by atoms with van der Waals surface area (Å²) < 4.78 is 0. The maximum absolute atomic E-state index is 5.86. The molecule has 0 fully saturated rings. The van der Waals surface area contributed by atoms with Gasteiger partial charge in [-0.2, -0.15) is 0 Å². The van der Waals surface area contributed by atoms with Gasteiger partial charge >= 0.3 is 0 Å². The molecule has 0 aliphatic rings. The highest BCUT2D eigenvalue weighted by atomic mass is 14.6. The van der Waals surface area contributed by atoms with E-state index in [0.29, 0.717) is 23.9 Å². The summed E-state index contributed by atoms with van der Waals surface area (Å²) in [6, 6.07) is 19.0. The second-order valence-corrected chi connectivity index (χ2v) is 14.7. The van der Waals surface area contributed by atoms with Gasteiger partial charge in [-0.1, -0.05) is 103 Å². The van der Waals surface area contributed by atoms with Gasteiger partial charge in [0.1, 0.15) is 0 Å². The van der Waals surface area contributed by atoms with Crippen LogP contribution in [0, 0.1) is 11.8 Å². The van der Waals surface area contributed by atoms with Crippen molar-refractivity contribution in [1.29, 1.82) is 0 Å². The Bertz CT molecular complexity index is 866. The summed E-state index contributed by atoms with van der Waals surface area (Å²) in [6.07, 6.45) is 11.5. The van der Waals surface area contributed by atoms with E-state index in [1.165, 1.54) is 47.9 Å². The van der Waals surface area contributed by atoms with Crippen LogP contribution >= 0.6 is 0 Å². The molecule has 0 aliphatic heterocycles. The number of unbranched alkanes of at least 4 members (excludes halogenated alkanes) is 2. The molecule has 4 heteroatoms. The maximum Gasteiger partial charge on any atom is 0.00131 e. The van der Waals surface area contributed by atoms with E-state index >= 15 is 0 Å². The number of benzene rings is 2. The largest absolute Gasteiger partial charge is 0.330 e. The van der Waals surface area contributed by atoms with E-state index in [9.17, 15) is 0 Å². The average molecular weight is 581 g/mol. The van der Waals surface area contributed by atoms with Gasteiger partial charge in [-0.15, -0.1) is 0 Å². The zero-order valence-corrected chi connectivity index (χ0v) is 28.7. The fourth-order valence-electron chi connectivity index (χ4n) is 6.14. The van der Waals surface area contributed by atoms with Crippen molar-refractivity contribution in [3.05, 3.63) is 70.8 Å². The van der Waals surface area contributed by atoms with Crippen molar-refractivity contribution in [2.24, 2.45) is 34.8 Å². The smallest absolute Gasteiger partial charge is 0.00131 e. The minimum absolute atomic E-state index is 0.234. The molecule has 4 nitrogen and oxygen atoms in total. The molecule has 0 bridgehead atoms. The summed E-state index contributed by atoms with van der Waals surface area (Å²) in [5.74, 6) is 1.30. The Labute approximate surface area is 260 Å². The molecule has 0 radical (unpaired) electrons. The lowest BCUT2D eigenvalue weighted by Gasteiger charge is -2.29. The van der Waals surface area contributed by atoms with Crippen LogP contribution < -0.4 is 22.9 Å². The Morgan fingerprint density at radius 1 is 0.524 bits per heavy atom. The third kappa shape index (κ3) is 15.7. The first kappa shape index (κ1) is 38.3. The van der Waals surface area contributed by atoms with Crippen molar-refractivity contribution in [3.63, 3.8) is 0 Å².